The average Bonchev–Trinajstić information content (AvgIpc) is 3.81. The van der Waals surface area contributed by atoms with Crippen molar-refractivity contribution in [3.63, 3.8) is 0 Å². The number of aryl methyl sites for hydroxylation is 2. The molecule has 0 N–H and O–H groups in total. The summed E-state index contributed by atoms with van der Waals surface area (Å²) in [4.78, 5) is 18.6. The summed E-state index contributed by atoms with van der Waals surface area (Å²) in [6.45, 7) is 0. The van der Waals surface area contributed by atoms with Gasteiger partial charge in [0.15, 0.2) is 0 Å². The van der Waals surface area contributed by atoms with Gasteiger partial charge in [0, 0.05) is 92.3 Å². The van der Waals surface area contributed by atoms with Gasteiger partial charge in [-0.25, -0.2) is 0 Å². The molecule has 0 unspecified atom stereocenters. The van der Waals surface area contributed by atoms with Gasteiger partial charge < -0.3 is 9.13 Å². The molecule has 0 spiro atoms. The highest BCUT2D eigenvalue weighted by atomic mass is 15.0. The molecule has 5 aromatic carbocycles. The lowest BCUT2D eigenvalue weighted by Crippen LogP contribution is -2.06. The summed E-state index contributed by atoms with van der Waals surface area (Å²) in [6.07, 6.45) is 17.7. The molecule has 2 aliphatic rings. The van der Waals surface area contributed by atoms with Crippen molar-refractivity contribution in [1.29, 1.82) is 0 Å². The molecule has 0 bridgehead atoms. The Morgan fingerprint density at radius 3 is 1.70 bits per heavy atom. The molecule has 0 saturated carbocycles. The van der Waals surface area contributed by atoms with E-state index >= 15 is 0 Å². The zero-order chi connectivity index (χ0) is 39.3. The lowest BCUT2D eigenvalue weighted by molar-refractivity contribution is 0.894. The second-order valence-corrected chi connectivity index (χ2v) is 16.2. The highest BCUT2D eigenvalue weighted by Crippen LogP contribution is 2.46. The smallest absolute Gasteiger partial charge is 0.0780 e. The van der Waals surface area contributed by atoms with Crippen molar-refractivity contribution in [1.82, 2.24) is 29.1 Å². The fourth-order valence-corrected chi connectivity index (χ4v) is 10.3. The molecule has 282 valence electrons. The van der Waals surface area contributed by atoms with E-state index in [1.54, 1.807) is 0 Å². The highest BCUT2D eigenvalue weighted by Gasteiger charge is 2.27. The standard InChI is InChI=1S/C54H36N6/c1-3-7-41-33(5-1)15-25-57-53(41)37-11-13-49-45(29-37)47-27-35-9-10-36-28-48-46-30-38(54-42-8-4-2-6-34(42)16-26-58-54)12-14-50(46)60(40-19-23-56-24-20-40)52(48)32-44(36)43(35)31-51(47)59(49)39-17-21-55-22-18-39/h1-8,11,13,15-32H,9-10,12,14H2. The van der Waals surface area contributed by atoms with E-state index < -0.39 is 0 Å². The molecule has 0 aliphatic heterocycles. The molecule has 6 aromatic heterocycles. The Morgan fingerprint density at radius 2 is 1.00 bits per heavy atom. The van der Waals surface area contributed by atoms with Gasteiger partial charge >= 0.3 is 0 Å². The summed E-state index contributed by atoms with van der Waals surface area (Å²) in [7, 11) is 0. The van der Waals surface area contributed by atoms with Crippen molar-refractivity contribution in [2.75, 3.05) is 0 Å². The molecule has 6 heteroatoms. The van der Waals surface area contributed by atoms with Crippen LogP contribution in [0.15, 0.2) is 165 Å². The van der Waals surface area contributed by atoms with Gasteiger partial charge in [-0.3, -0.25) is 19.9 Å². The number of rotatable bonds is 4. The van der Waals surface area contributed by atoms with E-state index in [9.17, 15) is 0 Å². The second-order valence-electron chi connectivity index (χ2n) is 16.2. The topological polar surface area (TPSA) is 61.4 Å². The maximum absolute atomic E-state index is 4.95. The molecule has 0 atom stereocenters. The monoisotopic (exact) mass is 768 g/mol. The SMILES string of the molecule is C1=C(c2nccc3ccccc23)CCc2c1c1cc3c(cc1n2-c1ccncc1)-c1cc2c(cc1CC3)c1cc(-c3nccc4ccccc34)ccc1n2-c1ccncc1. The summed E-state index contributed by atoms with van der Waals surface area (Å²) in [5.41, 5.74) is 18.3. The number of hydrogen-bond acceptors (Lipinski definition) is 4. The molecule has 0 radical (unpaired) electrons. The zero-order valence-corrected chi connectivity index (χ0v) is 32.7. The minimum absolute atomic E-state index is 0.924. The van der Waals surface area contributed by atoms with Gasteiger partial charge in [-0.2, -0.15) is 0 Å². The molecule has 11 aromatic rings. The minimum Gasteiger partial charge on any atom is -0.313 e. The summed E-state index contributed by atoms with van der Waals surface area (Å²) in [5.74, 6) is 0. The average molecular weight is 769 g/mol. The zero-order valence-electron chi connectivity index (χ0n) is 32.7. The van der Waals surface area contributed by atoms with Crippen LogP contribution in [0.25, 0.3) is 99.7 Å². The first-order chi connectivity index (χ1) is 29.7. The Labute approximate surface area is 345 Å². The maximum atomic E-state index is 4.95. The van der Waals surface area contributed by atoms with Gasteiger partial charge in [0.1, 0.15) is 0 Å². The van der Waals surface area contributed by atoms with E-state index in [0.717, 1.165) is 59.4 Å². The van der Waals surface area contributed by atoms with Gasteiger partial charge in [0.05, 0.1) is 27.9 Å². The van der Waals surface area contributed by atoms with Gasteiger partial charge in [-0.1, -0.05) is 54.6 Å². The number of nitrogens with zero attached hydrogens (tertiary/aromatic N) is 6. The van der Waals surface area contributed by atoms with Crippen molar-refractivity contribution in [2.45, 2.75) is 25.7 Å². The molecule has 60 heavy (non-hydrogen) atoms. The molecular formula is C54H36N6. The van der Waals surface area contributed by atoms with Crippen LogP contribution in [0.4, 0.5) is 0 Å². The summed E-state index contributed by atoms with van der Waals surface area (Å²) in [6, 6.07) is 46.5. The Balaban J connectivity index is 1.04. The van der Waals surface area contributed by atoms with Gasteiger partial charge in [0.2, 0.25) is 0 Å². The van der Waals surface area contributed by atoms with E-state index in [0.29, 0.717) is 0 Å². The number of hydrogen-bond donors (Lipinski definition) is 0. The van der Waals surface area contributed by atoms with Crippen LogP contribution < -0.4 is 0 Å². The van der Waals surface area contributed by atoms with E-state index in [1.807, 2.05) is 37.2 Å². The first-order valence-electron chi connectivity index (χ1n) is 20.8. The molecule has 0 fully saturated rings. The minimum atomic E-state index is 0.924. The number of allylic oxidation sites excluding steroid dienone is 1. The molecule has 6 nitrogen and oxygen atoms in total. The van der Waals surface area contributed by atoms with Crippen molar-refractivity contribution < 1.29 is 0 Å². The number of fused-ring (bicyclic) bond motifs is 11. The lowest BCUT2D eigenvalue weighted by Gasteiger charge is -2.21. The van der Waals surface area contributed by atoms with E-state index in [-0.39, 0.29) is 0 Å². The third-order valence-corrected chi connectivity index (χ3v) is 13.0. The molecule has 0 amide bonds. The Kier molecular flexibility index (Phi) is 7.16. The normalized spacial score (nSPS) is 13.5. The first kappa shape index (κ1) is 33.3. The third kappa shape index (κ3) is 4.94. The molecular weight excluding hydrogens is 733 g/mol. The Bertz CT molecular complexity index is 3590. The summed E-state index contributed by atoms with van der Waals surface area (Å²) >= 11 is 0. The van der Waals surface area contributed by atoms with Crippen LogP contribution in [0.3, 0.4) is 0 Å². The quantitative estimate of drug-likeness (QED) is 0.179. The highest BCUT2D eigenvalue weighted by molar-refractivity contribution is 6.13. The van der Waals surface area contributed by atoms with E-state index in [1.165, 1.54) is 88.0 Å². The van der Waals surface area contributed by atoms with Crippen molar-refractivity contribution in [3.8, 4) is 33.8 Å². The lowest BCUT2D eigenvalue weighted by atomic mass is 9.83. The van der Waals surface area contributed by atoms with Crippen LogP contribution in [-0.2, 0) is 19.3 Å². The fraction of sp³-hybridized carbons (Fsp3) is 0.0741. The van der Waals surface area contributed by atoms with Crippen molar-refractivity contribution in [2.24, 2.45) is 0 Å². The number of pyridine rings is 4. The van der Waals surface area contributed by atoms with E-state index in [2.05, 4.69) is 153 Å². The largest absolute Gasteiger partial charge is 0.313 e. The molecule has 13 rings (SSSR count). The van der Waals surface area contributed by atoms with Gasteiger partial charge in [-0.15, -0.1) is 0 Å². The molecule has 6 heterocycles. The summed E-state index contributed by atoms with van der Waals surface area (Å²) in [5, 5.41) is 8.55. The first-order valence-corrected chi connectivity index (χ1v) is 20.8. The van der Waals surface area contributed by atoms with Crippen LogP contribution in [0.2, 0.25) is 0 Å². The molecule has 0 saturated heterocycles. The second kappa shape index (κ2) is 12.9. The fourth-order valence-electron chi connectivity index (χ4n) is 10.3. The number of aromatic nitrogens is 6. The summed E-state index contributed by atoms with van der Waals surface area (Å²) < 4.78 is 4.89. The number of benzene rings is 5. The van der Waals surface area contributed by atoms with E-state index in [4.69, 9.17) is 9.97 Å². The van der Waals surface area contributed by atoms with Crippen LogP contribution in [0.5, 0.6) is 0 Å². The third-order valence-electron chi connectivity index (χ3n) is 13.0. The van der Waals surface area contributed by atoms with Crippen LogP contribution in [-0.4, -0.2) is 29.1 Å². The Morgan fingerprint density at radius 1 is 0.417 bits per heavy atom. The van der Waals surface area contributed by atoms with Crippen LogP contribution in [0, 0.1) is 0 Å². The van der Waals surface area contributed by atoms with Crippen LogP contribution in [0.1, 0.15) is 34.5 Å². The Hall–Kier alpha value is -7.70. The van der Waals surface area contributed by atoms with Gasteiger partial charge in [0.25, 0.3) is 0 Å². The van der Waals surface area contributed by atoms with Crippen LogP contribution >= 0.6 is 0 Å². The molecule has 2 aliphatic carbocycles. The predicted molar refractivity (Wildman–Crippen MR) is 245 cm³/mol. The maximum Gasteiger partial charge on any atom is 0.0780 e. The van der Waals surface area contributed by atoms with Crippen molar-refractivity contribution >= 4 is 65.9 Å². The predicted octanol–water partition coefficient (Wildman–Crippen LogP) is 12.5. The van der Waals surface area contributed by atoms with Gasteiger partial charge in [-0.05, 0) is 143 Å². The van der Waals surface area contributed by atoms with Crippen molar-refractivity contribution in [3.05, 3.63) is 193 Å².